The van der Waals surface area contributed by atoms with Gasteiger partial charge in [0.1, 0.15) is 0 Å². The van der Waals surface area contributed by atoms with Crippen molar-refractivity contribution >= 4 is 40.8 Å². The van der Waals surface area contributed by atoms with Crippen molar-refractivity contribution in [3.63, 3.8) is 0 Å². The first-order chi connectivity index (χ1) is 4.19. The molecule has 10 heavy (non-hydrogen) atoms. The van der Waals surface area contributed by atoms with Crippen molar-refractivity contribution in [1.29, 1.82) is 0 Å². The lowest BCUT2D eigenvalue weighted by molar-refractivity contribution is -0.134. The molecule has 0 radical (unpaired) electrons. The molecule has 0 N–H and O–H groups in total. The van der Waals surface area contributed by atoms with Crippen LogP contribution in [-0.4, -0.2) is 15.8 Å². The largest absolute Gasteiger partial charge is 0.364 e. The summed E-state index contributed by atoms with van der Waals surface area (Å²) in [5.41, 5.74) is 0. The fourth-order valence-corrected chi connectivity index (χ4v) is 0.186. The molecule has 0 aromatic carbocycles. The third-order valence-electron chi connectivity index (χ3n) is 0.603. The zero-order chi connectivity index (χ0) is 8.58. The lowest BCUT2D eigenvalue weighted by Crippen LogP contribution is -2.38. The Morgan fingerprint density at radius 3 is 1.50 bits per heavy atom. The van der Waals surface area contributed by atoms with Crippen LogP contribution in [-0.2, 0) is 4.79 Å². The fourth-order valence-electron chi connectivity index (χ4n) is 0.111. The quantitative estimate of drug-likeness (QED) is 0.511. The van der Waals surface area contributed by atoms with Gasteiger partial charge in [-0.25, -0.2) is 0 Å². The maximum Gasteiger partial charge on any atom is 0.364 e. The number of rotatable bonds is 2. The highest BCUT2D eigenvalue weighted by atomic mass is 35.5. The minimum atomic E-state index is -4.30. The lowest BCUT2D eigenvalue weighted by atomic mass is 10.4. The van der Waals surface area contributed by atoms with Gasteiger partial charge in [-0.1, -0.05) is 23.2 Å². The van der Waals surface area contributed by atoms with Crippen molar-refractivity contribution < 1.29 is 18.0 Å². The van der Waals surface area contributed by atoms with E-state index in [9.17, 15) is 18.0 Å². The highest BCUT2D eigenvalue weighted by Crippen LogP contribution is 2.42. The van der Waals surface area contributed by atoms with Gasteiger partial charge in [-0.2, -0.15) is 13.2 Å². The van der Waals surface area contributed by atoms with Gasteiger partial charge in [0.25, 0.3) is 4.33 Å². The SMILES string of the molecule is O=C(F)C(Cl)(Cl)C(F)(F)Cl. The minimum Gasteiger partial charge on any atom is -0.257 e. The zero-order valence-corrected chi connectivity index (χ0v) is 6.44. The van der Waals surface area contributed by atoms with Crippen LogP contribution < -0.4 is 0 Å². The number of alkyl halides is 5. The summed E-state index contributed by atoms with van der Waals surface area (Å²) in [6.07, 6.45) is 0. The van der Waals surface area contributed by atoms with Gasteiger partial charge in [-0.3, -0.25) is 4.79 Å². The minimum absolute atomic E-state index is 2.59. The maximum atomic E-state index is 11.8. The van der Waals surface area contributed by atoms with E-state index in [-0.39, 0.29) is 0 Å². The molecule has 0 fully saturated rings. The molecule has 0 aliphatic heterocycles. The van der Waals surface area contributed by atoms with Crippen LogP contribution in [0.2, 0.25) is 0 Å². The van der Waals surface area contributed by atoms with E-state index >= 15 is 0 Å². The van der Waals surface area contributed by atoms with E-state index in [0.717, 1.165) is 0 Å². The highest BCUT2D eigenvalue weighted by Gasteiger charge is 2.57. The average Bonchev–Trinajstić information content (AvgIpc) is 1.62. The summed E-state index contributed by atoms with van der Waals surface area (Å²) >= 11 is 13.2. The molecule has 0 heterocycles. The third kappa shape index (κ3) is 1.90. The summed E-state index contributed by atoms with van der Waals surface area (Å²) in [5, 5.41) is -4.30. The number of hydrogen-bond acceptors (Lipinski definition) is 1. The Morgan fingerprint density at radius 1 is 1.20 bits per heavy atom. The summed E-state index contributed by atoms with van der Waals surface area (Å²) in [7, 11) is 0. The van der Waals surface area contributed by atoms with Crippen LogP contribution in [0.4, 0.5) is 13.2 Å². The molecule has 0 aromatic rings. The van der Waals surface area contributed by atoms with E-state index in [1.165, 1.54) is 0 Å². The molecule has 0 aromatic heterocycles. The zero-order valence-electron chi connectivity index (χ0n) is 4.18. The third-order valence-corrected chi connectivity index (χ3v) is 1.85. The first-order valence-corrected chi connectivity index (χ1v) is 2.97. The van der Waals surface area contributed by atoms with Crippen molar-refractivity contribution in [3.8, 4) is 0 Å². The standard InChI is InChI=1S/C3Cl3F3O/c4-2(5,1(7)10)3(6,8)9. The maximum absolute atomic E-state index is 11.8. The van der Waals surface area contributed by atoms with Crippen LogP contribution in [0.1, 0.15) is 0 Å². The predicted octanol–water partition coefficient (Wildman–Crippen LogP) is 2.49. The van der Waals surface area contributed by atoms with Gasteiger partial charge in [-0.05, 0) is 11.6 Å². The number of carbonyl (C=O) groups is 1. The summed E-state index contributed by atoms with van der Waals surface area (Å²) in [6, 6.07) is -2.59. The number of carbonyl (C=O) groups excluding carboxylic acids is 1. The Bertz CT molecular complexity index is 152. The van der Waals surface area contributed by atoms with Crippen LogP contribution in [0.3, 0.4) is 0 Å². The first-order valence-electron chi connectivity index (χ1n) is 1.84. The van der Waals surface area contributed by atoms with Gasteiger partial charge in [0.05, 0.1) is 0 Å². The summed E-state index contributed by atoms with van der Waals surface area (Å²) in [5.74, 6) is 0. The summed E-state index contributed by atoms with van der Waals surface area (Å²) < 4.78 is 31.6. The second kappa shape index (κ2) is 2.75. The molecule has 0 spiro atoms. The molecule has 1 nitrogen and oxygen atoms in total. The van der Waals surface area contributed by atoms with Gasteiger partial charge in [-0.15, -0.1) is 0 Å². The smallest absolute Gasteiger partial charge is 0.257 e. The summed E-state index contributed by atoms with van der Waals surface area (Å²) in [4.78, 5) is 9.62. The van der Waals surface area contributed by atoms with Gasteiger partial charge < -0.3 is 0 Å². The molecule has 0 unspecified atom stereocenters. The van der Waals surface area contributed by atoms with E-state index in [1.54, 1.807) is 0 Å². The molecular weight excluding hydrogens is 215 g/mol. The molecule has 0 saturated carbocycles. The van der Waals surface area contributed by atoms with Gasteiger partial charge in [0, 0.05) is 0 Å². The Hall–Kier alpha value is 0.330. The molecule has 0 bridgehead atoms. The first kappa shape index (κ1) is 10.3. The Morgan fingerprint density at radius 2 is 1.50 bits per heavy atom. The molecule has 0 aliphatic carbocycles. The molecular formula is C3Cl3F3O. The topological polar surface area (TPSA) is 17.1 Å². The van der Waals surface area contributed by atoms with Gasteiger partial charge >= 0.3 is 11.4 Å². The van der Waals surface area contributed by atoms with Gasteiger partial charge in [0.15, 0.2) is 0 Å². The second-order valence-corrected chi connectivity index (χ2v) is 3.15. The van der Waals surface area contributed by atoms with Crippen molar-refractivity contribution in [3.05, 3.63) is 0 Å². The lowest BCUT2D eigenvalue weighted by Gasteiger charge is -2.17. The van der Waals surface area contributed by atoms with E-state index in [4.69, 9.17) is 0 Å². The second-order valence-electron chi connectivity index (χ2n) is 1.35. The monoisotopic (exact) mass is 214 g/mol. The van der Waals surface area contributed by atoms with E-state index < -0.39 is 15.8 Å². The van der Waals surface area contributed by atoms with Crippen LogP contribution in [0.25, 0.3) is 0 Å². The van der Waals surface area contributed by atoms with Crippen molar-refractivity contribution in [2.24, 2.45) is 0 Å². The van der Waals surface area contributed by atoms with Crippen LogP contribution >= 0.6 is 34.8 Å². The van der Waals surface area contributed by atoms with E-state index in [0.29, 0.717) is 0 Å². The summed E-state index contributed by atoms with van der Waals surface area (Å²) in [6.45, 7) is 0. The fraction of sp³-hybridized carbons (Fsp3) is 0.667. The van der Waals surface area contributed by atoms with Crippen molar-refractivity contribution in [2.45, 2.75) is 9.72 Å². The van der Waals surface area contributed by atoms with Gasteiger partial charge in [0.2, 0.25) is 0 Å². The molecule has 7 heteroatoms. The highest BCUT2D eigenvalue weighted by molar-refractivity contribution is 6.61. The van der Waals surface area contributed by atoms with Crippen LogP contribution in [0.15, 0.2) is 0 Å². The Balaban J connectivity index is 4.57. The molecule has 0 amide bonds. The molecule has 0 atom stereocenters. The Kier molecular flexibility index (Phi) is 2.85. The molecule has 60 valence electrons. The average molecular weight is 215 g/mol. The normalized spacial score (nSPS) is 13.4. The van der Waals surface area contributed by atoms with Crippen LogP contribution in [0, 0.1) is 0 Å². The predicted molar refractivity (Wildman–Crippen MR) is 31.4 cm³/mol. The van der Waals surface area contributed by atoms with Crippen LogP contribution in [0.5, 0.6) is 0 Å². The molecule has 0 aliphatic rings. The number of halogens is 6. The molecule has 0 rings (SSSR count). The molecule has 0 saturated heterocycles. The van der Waals surface area contributed by atoms with Crippen molar-refractivity contribution in [2.75, 3.05) is 0 Å². The van der Waals surface area contributed by atoms with E-state index in [1.807, 2.05) is 0 Å². The van der Waals surface area contributed by atoms with Crippen molar-refractivity contribution in [1.82, 2.24) is 0 Å². The Labute approximate surface area is 69.0 Å². The van der Waals surface area contributed by atoms with E-state index in [2.05, 4.69) is 34.8 Å². The number of hydrogen-bond donors (Lipinski definition) is 0.